The van der Waals surface area contributed by atoms with E-state index in [1.807, 2.05) is 6.92 Å². The molecule has 0 saturated heterocycles. The first kappa shape index (κ1) is 14.6. The Morgan fingerprint density at radius 3 is 2.76 bits per heavy atom. The molecule has 1 N–H and O–H groups in total. The van der Waals surface area contributed by atoms with Crippen LogP contribution >= 0.6 is 31.9 Å². The number of amides is 1. The van der Waals surface area contributed by atoms with Gasteiger partial charge < -0.3 is 14.7 Å². The first-order chi connectivity index (χ1) is 9.97. The average molecular weight is 416 g/mol. The minimum atomic E-state index is -0.135. The summed E-state index contributed by atoms with van der Waals surface area (Å²) in [6.07, 6.45) is 1.58. The predicted molar refractivity (Wildman–Crippen MR) is 85.5 cm³/mol. The lowest BCUT2D eigenvalue weighted by Gasteiger charge is -2.32. The Kier molecular flexibility index (Phi) is 3.79. The Morgan fingerprint density at radius 2 is 2.10 bits per heavy atom. The maximum Gasteiger partial charge on any atom is 0.258 e. The Balaban J connectivity index is 1.97. The van der Waals surface area contributed by atoms with Gasteiger partial charge in [-0.3, -0.25) is 9.79 Å². The fraction of sp³-hybridized carbons (Fsp3) is 0.286. The van der Waals surface area contributed by atoms with E-state index in [0.29, 0.717) is 33.4 Å². The number of halogens is 2. The van der Waals surface area contributed by atoms with E-state index in [4.69, 9.17) is 4.74 Å². The van der Waals surface area contributed by atoms with Gasteiger partial charge in [0.05, 0.1) is 33.9 Å². The number of hydrogen-bond donors (Lipinski definition) is 1. The van der Waals surface area contributed by atoms with Gasteiger partial charge in [0, 0.05) is 5.56 Å². The van der Waals surface area contributed by atoms with Gasteiger partial charge in [-0.25, -0.2) is 0 Å². The summed E-state index contributed by atoms with van der Waals surface area (Å²) in [5.74, 6) is 0.606. The van der Waals surface area contributed by atoms with E-state index >= 15 is 0 Å². The summed E-state index contributed by atoms with van der Waals surface area (Å²) in [5.41, 5.74) is 1.28. The van der Waals surface area contributed by atoms with Crippen LogP contribution < -0.4 is 0 Å². The maximum absolute atomic E-state index is 12.8. The predicted octanol–water partition coefficient (Wildman–Crippen LogP) is 3.07. The molecule has 0 fully saturated rings. The number of hydrogen-bond acceptors (Lipinski definition) is 4. The zero-order valence-corrected chi connectivity index (χ0v) is 14.3. The molecule has 21 heavy (non-hydrogen) atoms. The first-order valence-electron chi connectivity index (χ1n) is 6.37. The highest BCUT2D eigenvalue weighted by atomic mass is 79.9. The molecule has 7 heteroatoms. The summed E-state index contributed by atoms with van der Waals surface area (Å²) in [6, 6.07) is 3.22. The second-order valence-electron chi connectivity index (χ2n) is 4.91. The molecule has 2 aliphatic heterocycles. The largest absolute Gasteiger partial charge is 0.506 e. The summed E-state index contributed by atoms with van der Waals surface area (Å²) in [4.78, 5) is 18.6. The van der Waals surface area contributed by atoms with E-state index in [0.717, 1.165) is 5.70 Å². The van der Waals surface area contributed by atoms with Gasteiger partial charge in [-0.05, 0) is 50.9 Å². The number of rotatable bonds is 1. The smallest absolute Gasteiger partial charge is 0.258 e. The third-order valence-electron chi connectivity index (χ3n) is 3.34. The summed E-state index contributed by atoms with van der Waals surface area (Å²) in [7, 11) is 0. The molecule has 0 bridgehead atoms. The van der Waals surface area contributed by atoms with Crippen molar-refractivity contribution in [3.05, 3.63) is 38.1 Å². The Hall–Kier alpha value is -1.34. The normalized spacial score (nSPS) is 20.5. The molecular formula is C14H12Br2N2O3. The quantitative estimate of drug-likeness (QED) is 0.766. The first-order valence-corrected chi connectivity index (χ1v) is 7.95. The fourth-order valence-electron chi connectivity index (χ4n) is 2.36. The van der Waals surface area contributed by atoms with Gasteiger partial charge in [-0.15, -0.1) is 0 Å². The van der Waals surface area contributed by atoms with Crippen LogP contribution in [0.15, 0.2) is 37.5 Å². The minimum Gasteiger partial charge on any atom is -0.506 e. The molecule has 0 radical (unpaired) electrons. The van der Waals surface area contributed by atoms with Crippen LogP contribution in [0.25, 0.3) is 0 Å². The van der Waals surface area contributed by atoms with Crippen LogP contribution in [0.2, 0.25) is 0 Å². The van der Waals surface area contributed by atoms with Crippen molar-refractivity contribution >= 4 is 44.0 Å². The van der Waals surface area contributed by atoms with E-state index in [9.17, 15) is 9.90 Å². The zero-order valence-electron chi connectivity index (χ0n) is 11.1. The van der Waals surface area contributed by atoms with Crippen LogP contribution in [0, 0.1) is 0 Å². The number of carbonyl (C=O) groups is 1. The Morgan fingerprint density at radius 1 is 1.43 bits per heavy atom. The van der Waals surface area contributed by atoms with Gasteiger partial charge in [-0.1, -0.05) is 0 Å². The molecule has 5 nitrogen and oxygen atoms in total. The molecule has 1 aromatic carbocycles. The lowest BCUT2D eigenvalue weighted by Crippen LogP contribution is -2.41. The lowest BCUT2D eigenvalue weighted by molar-refractivity contribution is 0.0532. The third kappa shape index (κ3) is 2.60. The van der Waals surface area contributed by atoms with Crippen LogP contribution in [0.5, 0.6) is 5.75 Å². The number of allylic oxidation sites excluding steroid dienone is 1. The van der Waals surface area contributed by atoms with Crippen LogP contribution in [0.4, 0.5) is 0 Å². The fourth-order valence-corrected chi connectivity index (χ4v) is 3.54. The molecule has 2 aliphatic rings. The van der Waals surface area contributed by atoms with Crippen molar-refractivity contribution < 1.29 is 14.6 Å². The average Bonchev–Trinajstić information content (AvgIpc) is 2.90. The second kappa shape index (κ2) is 5.46. The van der Waals surface area contributed by atoms with Crippen molar-refractivity contribution in [3.8, 4) is 5.75 Å². The van der Waals surface area contributed by atoms with Crippen LogP contribution in [0.1, 0.15) is 17.3 Å². The molecule has 0 aromatic heterocycles. The number of benzene rings is 1. The second-order valence-corrected chi connectivity index (χ2v) is 6.62. The van der Waals surface area contributed by atoms with Gasteiger partial charge in [0.1, 0.15) is 11.9 Å². The van der Waals surface area contributed by atoms with Crippen LogP contribution in [-0.4, -0.2) is 41.3 Å². The van der Waals surface area contributed by atoms with Crippen LogP contribution in [0.3, 0.4) is 0 Å². The van der Waals surface area contributed by atoms with Crippen molar-refractivity contribution in [2.24, 2.45) is 4.99 Å². The number of phenolic OH excluding ortho intramolecular Hbond substituents is 1. The molecule has 1 aromatic rings. The molecule has 0 spiro atoms. The number of phenols is 1. The molecule has 1 amide bonds. The molecule has 2 heterocycles. The topological polar surface area (TPSA) is 62.1 Å². The highest BCUT2D eigenvalue weighted by molar-refractivity contribution is 9.11. The van der Waals surface area contributed by atoms with Gasteiger partial charge in [0.15, 0.2) is 5.76 Å². The van der Waals surface area contributed by atoms with Crippen molar-refractivity contribution in [1.29, 1.82) is 0 Å². The number of aliphatic imine (C=N–C) groups is 1. The van der Waals surface area contributed by atoms with Gasteiger partial charge >= 0.3 is 0 Å². The number of nitrogens with zero attached hydrogens (tertiary/aromatic N) is 2. The van der Waals surface area contributed by atoms with E-state index in [2.05, 4.69) is 36.9 Å². The maximum atomic E-state index is 12.8. The highest BCUT2D eigenvalue weighted by Crippen LogP contribution is 2.34. The standard InChI is InChI=1S/C14H12Br2N2O3/c1-7-6-18(11-4-17-5-12(11)21-7)14(20)8-2-9(15)13(19)10(16)3-8/h2-3,5,7,19H,4,6H2,1H3/t7-/m0/s1. The van der Waals surface area contributed by atoms with E-state index in [1.54, 1.807) is 23.2 Å². The number of aromatic hydroxyl groups is 1. The monoisotopic (exact) mass is 414 g/mol. The molecule has 1 atom stereocenters. The minimum absolute atomic E-state index is 0.0750. The van der Waals surface area contributed by atoms with Crippen molar-refractivity contribution in [1.82, 2.24) is 4.90 Å². The Bertz CT molecular complexity index is 662. The summed E-state index contributed by atoms with van der Waals surface area (Å²) >= 11 is 6.49. The molecule has 0 saturated carbocycles. The van der Waals surface area contributed by atoms with Crippen molar-refractivity contribution in [2.75, 3.05) is 13.1 Å². The highest BCUT2D eigenvalue weighted by Gasteiger charge is 2.32. The van der Waals surface area contributed by atoms with Crippen LogP contribution in [-0.2, 0) is 4.74 Å². The summed E-state index contributed by atoms with van der Waals surface area (Å²) in [6.45, 7) is 2.85. The van der Waals surface area contributed by atoms with Gasteiger partial charge in [0.25, 0.3) is 5.91 Å². The Labute approximate surface area is 138 Å². The summed E-state index contributed by atoms with van der Waals surface area (Å²) < 4.78 is 6.61. The third-order valence-corrected chi connectivity index (χ3v) is 4.55. The summed E-state index contributed by atoms with van der Waals surface area (Å²) in [5, 5.41) is 9.75. The van der Waals surface area contributed by atoms with Gasteiger partial charge in [-0.2, -0.15) is 0 Å². The molecule has 110 valence electrons. The molecule has 0 aliphatic carbocycles. The van der Waals surface area contributed by atoms with E-state index < -0.39 is 0 Å². The van der Waals surface area contributed by atoms with Crippen molar-refractivity contribution in [2.45, 2.75) is 13.0 Å². The zero-order chi connectivity index (χ0) is 15.1. The molecule has 0 unspecified atom stereocenters. The van der Waals surface area contributed by atoms with Gasteiger partial charge in [0.2, 0.25) is 0 Å². The molecule has 3 rings (SSSR count). The van der Waals surface area contributed by atoms with E-state index in [-0.39, 0.29) is 17.8 Å². The molecular weight excluding hydrogens is 404 g/mol. The SMILES string of the molecule is C[C@H]1CN(C(=O)c2cc(Br)c(O)c(Br)c2)C2=C(C=NC2)O1. The lowest BCUT2D eigenvalue weighted by atomic mass is 10.1. The van der Waals surface area contributed by atoms with E-state index in [1.165, 1.54) is 0 Å². The number of carbonyl (C=O) groups excluding carboxylic acids is 1. The number of ether oxygens (including phenoxy) is 1. The van der Waals surface area contributed by atoms with Crippen molar-refractivity contribution in [3.63, 3.8) is 0 Å².